The number of carbonyl (C=O) groups is 1. The van der Waals surface area contributed by atoms with E-state index in [1.807, 2.05) is 60.7 Å². The molecule has 0 atom stereocenters. The van der Waals surface area contributed by atoms with Crippen LogP contribution in [0.2, 0.25) is 0 Å². The lowest BCUT2D eigenvalue weighted by atomic mass is 10.2. The molecule has 3 aromatic carbocycles. The van der Waals surface area contributed by atoms with Crippen LogP contribution in [0.1, 0.15) is 24.0 Å². The standard InChI is InChI=1S/C25H27ClN4OS/c26-17-7-12-24(31)29-28-23-15-13-22(14-16-23)27-25(32)30(18-20-8-3-1-4-9-20)19-21-10-5-2-6-11-21/h1-6,8-11,13-16,28H,7,12,17-19H2,(H,27,32)(H,29,31). The first kappa shape index (κ1) is 23.6. The van der Waals surface area contributed by atoms with Crippen LogP contribution in [0.5, 0.6) is 0 Å². The van der Waals surface area contributed by atoms with Gasteiger partial charge in [-0.3, -0.25) is 15.6 Å². The van der Waals surface area contributed by atoms with Gasteiger partial charge in [0.1, 0.15) is 0 Å². The molecule has 7 heteroatoms. The minimum atomic E-state index is -0.0912. The number of anilines is 2. The van der Waals surface area contributed by atoms with Gasteiger partial charge in [-0.25, -0.2) is 0 Å². The first-order valence-electron chi connectivity index (χ1n) is 10.5. The Morgan fingerprint density at radius 3 is 1.88 bits per heavy atom. The van der Waals surface area contributed by atoms with Crippen LogP contribution in [0.4, 0.5) is 11.4 Å². The zero-order valence-corrected chi connectivity index (χ0v) is 19.3. The molecular formula is C25H27ClN4OS. The van der Waals surface area contributed by atoms with E-state index in [1.54, 1.807) is 0 Å². The number of hydrazine groups is 1. The molecule has 0 saturated carbocycles. The van der Waals surface area contributed by atoms with Crippen molar-refractivity contribution in [3.63, 3.8) is 0 Å². The number of thiocarbonyl (C=S) groups is 1. The van der Waals surface area contributed by atoms with E-state index in [-0.39, 0.29) is 5.91 Å². The molecule has 0 aliphatic carbocycles. The number of nitrogens with zero attached hydrogens (tertiary/aromatic N) is 1. The minimum Gasteiger partial charge on any atom is -0.340 e. The third-order valence-electron chi connectivity index (χ3n) is 4.74. The summed E-state index contributed by atoms with van der Waals surface area (Å²) in [6, 6.07) is 28.2. The second-order valence-corrected chi connectivity index (χ2v) is 8.07. The Hall–Kier alpha value is -3.09. The van der Waals surface area contributed by atoms with E-state index in [0.29, 0.717) is 36.9 Å². The van der Waals surface area contributed by atoms with Crippen molar-refractivity contribution < 1.29 is 4.79 Å². The van der Waals surface area contributed by atoms with Crippen molar-refractivity contribution in [1.82, 2.24) is 10.3 Å². The topological polar surface area (TPSA) is 56.4 Å². The number of rotatable bonds is 10. The lowest BCUT2D eigenvalue weighted by Gasteiger charge is -2.26. The van der Waals surface area contributed by atoms with Crippen LogP contribution in [-0.4, -0.2) is 21.8 Å². The lowest BCUT2D eigenvalue weighted by Crippen LogP contribution is -2.33. The number of alkyl halides is 1. The Morgan fingerprint density at radius 1 is 0.812 bits per heavy atom. The number of hydrogen-bond donors (Lipinski definition) is 3. The van der Waals surface area contributed by atoms with Gasteiger partial charge in [0.25, 0.3) is 0 Å². The van der Waals surface area contributed by atoms with Gasteiger partial charge in [-0.1, -0.05) is 60.7 Å². The maximum Gasteiger partial charge on any atom is 0.238 e. The van der Waals surface area contributed by atoms with Crippen molar-refractivity contribution in [2.75, 3.05) is 16.6 Å². The van der Waals surface area contributed by atoms with Gasteiger partial charge < -0.3 is 10.2 Å². The zero-order valence-electron chi connectivity index (χ0n) is 17.8. The van der Waals surface area contributed by atoms with Crippen molar-refractivity contribution in [2.24, 2.45) is 0 Å². The SMILES string of the molecule is O=C(CCCCl)NNc1ccc(NC(=S)N(Cc2ccccc2)Cc2ccccc2)cc1. The molecule has 0 radical (unpaired) electrons. The first-order valence-corrected chi connectivity index (χ1v) is 11.4. The van der Waals surface area contributed by atoms with Crippen LogP contribution in [0.15, 0.2) is 84.9 Å². The Bertz CT molecular complexity index is 942. The molecular weight excluding hydrogens is 440 g/mol. The maximum absolute atomic E-state index is 11.7. The fourth-order valence-corrected chi connectivity index (χ4v) is 3.46. The average Bonchev–Trinajstić information content (AvgIpc) is 2.83. The van der Waals surface area contributed by atoms with Crippen LogP contribution in [0, 0.1) is 0 Å². The summed E-state index contributed by atoms with van der Waals surface area (Å²) in [5.41, 5.74) is 9.62. The van der Waals surface area contributed by atoms with E-state index in [0.717, 1.165) is 11.4 Å². The zero-order chi connectivity index (χ0) is 22.6. The molecule has 5 nitrogen and oxygen atoms in total. The van der Waals surface area contributed by atoms with Crippen LogP contribution in [0.25, 0.3) is 0 Å². The Labute approximate surface area is 199 Å². The fourth-order valence-electron chi connectivity index (χ4n) is 3.08. The predicted molar refractivity (Wildman–Crippen MR) is 137 cm³/mol. The maximum atomic E-state index is 11.7. The van der Waals surface area contributed by atoms with Gasteiger partial charge in [-0.05, 0) is 54.0 Å². The molecule has 32 heavy (non-hydrogen) atoms. The van der Waals surface area contributed by atoms with Crippen LogP contribution in [0.3, 0.4) is 0 Å². The Balaban J connectivity index is 1.61. The number of carbonyl (C=O) groups excluding carboxylic acids is 1. The second-order valence-electron chi connectivity index (χ2n) is 7.30. The monoisotopic (exact) mass is 466 g/mol. The molecule has 0 aliphatic rings. The van der Waals surface area contributed by atoms with E-state index in [4.69, 9.17) is 23.8 Å². The number of hydrogen-bond acceptors (Lipinski definition) is 3. The quantitative estimate of drug-likeness (QED) is 0.208. The summed E-state index contributed by atoms with van der Waals surface area (Å²) in [7, 11) is 0. The molecule has 0 aromatic heterocycles. The first-order chi connectivity index (χ1) is 15.6. The van der Waals surface area contributed by atoms with Crippen LogP contribution < -0.4 is 16.2 Å². The average molecular weight is 467 g/mol. The molecule has 166 valence electrons. The normalized spacial score (nSPS) is 10.3. The van der Waals surface area contributed by atoms with Crippen molar-refractivity contribution in [2.45, 2.75) is 25.9 Å². The summed E-state index contributed by atoms with van der Waals surface area (Å²) < 4.78 is 0. The summed E-state index contributed by atoms with van der Waals surface area (Å²) in [4.78, 5) is 13.8. The largest absolute Gasteiger partial charge is 0.340 e. The van der Waals surface area contributed by atoms with Crippen molar-refractivity contribution in [3.8, 4) is 0 Å². The minimum absolute atomic E-state index is 0.0912. The van der Waals surface area contributed by atoms with Gasteiger partial charge in [0, 0.05) is 31.1 Å². The highest BCUT2D eigenvalue weighted by Crippen LogP contribution is 2.16. The van der Waals surface area contributed by atoms with Crippen molar-refractivity contribution in [1.29, 1.82) is 0 Å². The summed E-state index contributed by atoms with van der Waals surface area (Å²) in [5.74, 6) is 0.380. The van der Waals surface area contributed by atoms with E-state index >= 15 is 0 Å². The lowest BCUT2D eigenvalue weighted by molar-refractivity contribution is -0.120. The molecule has 1 amide bonds. The molecule has 3 N–H and O–H groups in total. The number of halogens is 1. The molecule has 3 rings (SSSR count). The Kier molecular flexibility index (Phi) is 9.35. The molecule has 0 aliphatic heterocycles. The third kappa shape index (κ3) is 7.87. The molecule has 0 bridgehead atoms. The summed E-state index contributed by atoms with van der Waals surface area (Å²) >= 11 is 11.4. The van der Waals surface area contributed by atoms with Gasteiger partial charge in [-0.15, -0.1) is 11.6 Å². The van der Waals surface area contributed by atoms with E-state index in [1.165, 1.54) is 11.1 Å². The summed E-state index contributed by atoms with van der Waals surface area (Å²) in [5, 5.41) is 3.98. The third-order valence-corrected chi connectivity index (χ3v) is 5.37. The molecule has 0 fully saturated rings. The van der Waals surface area contributed by atoms with Crippen LogP contribution in [-0.2, 0) is 17.9 Å². The van der Waals surface area contributed by atoms with E-state index in [2.05, 4.69) is 45.3 Å². The summed E-state index contributed by atoms with van der Waals surface area (Å²) in [6.45, 7) is 1.41. The van der Waals surface area contributed by atoms with Gasteiger partial charge in [-0.2, -0.15) is 0 Å². The van der Waals surface area contributed by atoms with E-state index < -0.39 is 0 Å². The number of nitrogens with one attached hydrogen (secondary N) is 3. The van der Waals surface area contributed by atoms with E-state index in [9.17, 15) is 4.79 Å². The van der Waals surface area contributed by atoms with Gasteiger partial charge >= 0.3 is 0 Å². The van der Waals surface area contributed by atoms with Crippen molar-refractivity contribution in [3.05, 3.63) is 96.1 Å². The summed E-state index contributed by atoms with van der Waals surface area (Å²) in [6.07, 6.45) is 1.04. The highest BCUT2D eigenvalue weighted by Gasteiger charge is 2.12. The number of amides is 1. The molecule has 0 saturated heterocycles. The molecule has 0 heterocycles. The van der Waals surface area contributed by atoms with Crippen LogP contribution >= 0.6 is 23.8 Å². The molecule has 3 aromatic rings. The van der Waals surface area contributed by atoms with Gasteiger partial charge in [0.05, 0.1) is 5.69 Å². The Morgan fingerprint density at radius 2 is 1.34 bits per heavy atom. The van der Waals surface area contributed by atoms with Gasteiger partial charge in [0.2, 0.25) is 5.91 Å². The molecule has 0 unspecified atom stereocenters. The predicted octanol–water partition coefficient (Wildman–Crippen LogP) is 5.55. The highest BCUT2D eigenvalue weighted by atomic mass is 35.5. The van der Waals surface area contributed by atoms with Crippen molar-refractivity contribution >= 4 is 46.2 Å². The smallest absolute Gasteiger partial charge is 0.238 e. The van der Waals surface area contributed by atoms with Gasteiger partial charge in [0.15, 0.2) is 5.11 Å². The highest BCUT2D eigenvalue weighted by molar-refractivity contribution is 7.80. The number of benzene rings is 3. The second kappa shape index (κ2) is 12.7. The fraction of sp³-hybridized carbons (Fsp3) is 0.200. The molecule has 0 spiro atoms.